The van der Waals surface area contributed by atoms with Crippen LogP contribution in [0.2, 0.25) is 0 Å². The van der Waals surface area contributed by atoms with Crippen molar-refractivity contribution >= 4 is 5.91 Å². The number of carbonyl (C=O) groups is 1. The number of piperidine rings is 1. The van der Waals surface area contributed by atoms with Gasteiger partial charge in [-0.15, -0.1) is 0 Å². The summed E-state index contributed by atoms with van der Waals surface area (Å²) in [6, 6.07) is 0.370. The summed E-state index contributed by atoms with van der Waals surface area (Å²) in [7, 11) is 0. The number of likely N-dealkylation sites (tertiary alicyclic amines) is 1. The van der Waals surface area contributed by atoms with E-state index in [2.05, 4.69) is 37.9 Å². The van der Waals surface area contributed by atoms with Gasteiger partial charge in [0.2, 0.25) is 5.91 Å². The van der Waals surface area contributed by atoms with Crippen molar-refractivity contribution in [3.63, 3.8) is 0 Å². The quantitative estimate of drug-likeness (QED) is 0.772. The summed E-state index contributed by atoms with van der Waals surface area (Å²) in [4.78, 5) is 14.4. The lowest BCUT2D eigenvalue weighted by Crippen LogP contribution is -2.53. The molecule has 1 heterocycles. The maximum atomic E-state index is 12.1. The molecular weight excluding hydrogens is 238 g/mol. The van der Waals surface area contributed by atoms with Crippen LogP contribution >= 0.6 is 0 Å². The summed E-state index contributed by atoms with van der Waals surface area (Å²) in [5.74, 6) is 0.903. The maximum absolute atomic E-state index is 12.1. The molecule has 4 nitrogen and oxygen atoms in total. The molecule has 0 bridgehead atoms. The predicted octanol–water partition coefficient (Wildman–Crippen LogP) is 1.74. The average Bonchev–Trinajstić information content (AvgIpc) is 2.38. The van der Waals surface area contributed by atoms with E-state index in [-0.39, 0.29) is 11.4 Å². The number of hydrogen-bond acceptors (Lipinski definition) is 3. The van der Waals surface area contributed by atoms with Crippen LogP contribution in [0, 0.1) is 5.92 Å². The van der Waals surface area contributed by atoms with Crippen LogP contribution < -0.4 is 11.1 Å². The third-order valence-corrected chi connectivity index (χ3v) is 4.50. The van der Waals surface area contributed by atoms with Gasteiger partial charge in [0.25, 0.3) is 0 Å². The fourth-order valence-corrected chi connectivity index (χ4v) is 2.70. The molecule has 1 aliphatic rings. The zero-order chi connectivity index (χ0) is 14.5. The predicted molar refractivity (Wildman–Crippen MR) is 79.9 cm³/mol. The Balaban J connectivity index is 2.49. The molecule has 4 heteroatoms. The number of carbonyl (C=O) groups excluding carboxylic acids is 1. The van der Waals surface area contributed by atoms with Gasteiger partial charge in [0.1, 0.15) is 0 Å². The van der Waals surface area contributed by atoms with Crippen molar-refractivity contribution in [2.75, 3.05) is 19.6 Å². The molecule has 112 valence electrons. The van der Waals surface area contributed by atoms with Gasteiger partial charge in [-0.25, -0.2) is 0 Å². The van der Waals surface area contributed by atoms with E-state index in [0.717, 1.165) is 25.3 Å². The van der Waals surface area contributed by atoms with E-state index >= 15 is 0 Å². The molecule has 2 unspecified atom stereocenters. The highest BCUT2D eigenvalue weighted by molar-refractivity contribution is 5.78. The Morgan fingerprint density at radius 1 is 1.42 bits per heavy atom. The minimum absolute atomic E-state index is 0.114. The Bertz CT molecular complexity index is 291. The minimum Gasteiger partial charge on any atom is -0.350 e. The van der Waals surface area contributed by atoms with Crippen LogP contribution in [0.5, 0.6) is 0 Å². The molecule has 0 spiro atoms. The molecule has 1 aliphatic heterocycles. The third kappa shape index (κ3) is 5.11. The van der Waals surface area contributed by atoms with Crippen molar-refractivity contribution in [1.29, 1.82) is 0 Å². The van der Waals surface area contributed by atoms with Crippen molar-refractivity contribution in [3.05, 3.63) is 0 Å². The Kier molecular flexibility index (Phi) is 6.27. The van der Waals surface area contributed by atoms with Gasteiger partial charge in [-0.1, -0.05) is 20.3 Å². The maximum Gasteiger partial charge on any atom is 0.234 e. The van der Waals surface area contributed by atoms with Crippen LogP contribution in [0.15, 0.2) is 0 Å². The fourth-order valence-electron chi connectivity index (χ4n) is 2.70. The van der Waals surface area contributed by atoms with Gasteiger partial charge in [0, 0.05) is 18.1 Å². The van der Waals surface area contributed by atoms with Crippen LogP contribution in [-0.4, -0.2) is 42.0 Å². The summed E-state index contributed by atoms with van der Waals surface area (Å²) in [6.07, 6.45) is 4.49. The summed E-state index contributed by atoms with van der Waals surface area (Å²) >= 11 is 0. The van der Waals surface area contributed by atoms with Crippen molar-refractivity contribution in [1.82, 2.24) is 10.2 Å². The molecule has 0 aliphatic carbocycles. The summed E-state index contributed by atoms with van der Waals surface area (Å²) in [5, 5.41) is 3.10. The van der Waals surface area contributed by atoms with E-state index in [9.17, 15) is 4.79 Å². The lowest BCUT2D eigenvalue weighted by atomic mass is 9.89. The largest absolute Gasteiger partial charge is 0.350 e. The van der Waals surface area contributed by atoms with Gasteiger partial charge >= 0.3 is 0 Å². The molecule has 0 saturated carbocycles. The molecular formula is C15H31N3O. The van der Waals surface area contributed by atoms with Crippen LogP contribution in [-0.2, 0) is 4.79 Å². The van der Waals surface area contributed by atoms with Gasteiger partial charge in [0.15, 0.2) is 0 Å². The summed E-state index contributed by atoms with van der Waals surface area (Å²) in [5.41, 5.74) is 5.75. The molecule has 3 N–H and O–H groups in total. The van der Waals surface area contributed by atoms with Gasteiger partial charge in [0.05, 0.1) is 6.54 Å². The molecule has 0 aromatic rings. The zero-order valence-electron chi connectivity index (χ0n) is 13.0. The van der Waals surface area contributed by atoms with E-state index in [4.69, 9.17) is 5.73 Å². The zero-order valence-corrected chi connectivity index (χ0v) is 13.0. The van der Waals surface area contributed by atoms with Crippen molar-refractivity contribution in [2.45, 2.75) is 65.0 Å². The van der Waals surface area contributed by atoms with Gasteiger partial charge < -0.3 is 11.1 Å². The number of amides is 1. The van der Waals surface area contributed by atoms with E-state index in [1.807, 2.05) is 0 Å². The highest BCUT2D eigenvalue weighted by Gasteiger charge is 2.28. The third-order valence-electron chi connectivity index (χ3n) is 4.50. The van der Waals surface area contributed by atoms with E-state index < -0.39 is 0 Å². The lowest BCUT2D eigenvalue weighted by molar-refractivity contribution is -0.125. The molecule has 1 saturated heterocycles. The molecule has 19 heavy (non-hydrogen) atoms. The van der Waals surface area contributed by atoms with Crippen molar-refractivity contribution in [2.24, 2.45) is 11.7 Å². The topological polar surface area (TPSA) is 58.4 Å². The molecule has 0 aromatic carbocycles. The van der Waals surface area contributed by atoms with E-state index in [1.54, 1.807) is 0 Å². The highest BCUT2D eigenvalue weighted by Crippen LogP contribution is 2.24. The molecule has 2 atom stereocenters. The van der Waals surface area contributed by atoms with Gasteiger partial charge in [-0.2, -0.15) is 0 Å². The Hall–Kier alpha value is -0.610. The van der Waals surface area contributed by atoms with Crippen LogP contribution in [0.4, 0.5) is 0 Å². The first kappa shape index (κ1) is 16.4. The fraction of sp³-hybridized carbons (Fsp3) is 0.933. The second-order valence-corrected chi connectivity index (χ2v) is 6.44. The molecule has 1 fully saturated rings. The van der Waals surface area contributed by atoms with Crippen molar-refractivity contribution < 1.29 is 4.79 Å². The second kappa shape index (κ2) is 7.25. The Morgan fingerprint density at radius 2 is 2.11 bits per heavy atom. The number of nitrogens with zero attached hydrogens (tertiary/aromatic N) is 1. The molecule has 1 rings (SSSR count). The number of rotatable bonds is 6. The minimum atomic E-state index is -0.114. The van der Waals surface area contributed by atoms with E-state index in [0.29, 0.717) is 19.1 Å². The first-order chi connectivity index (χ1) is 8.91. The second-order valence-electron chi connectivity index (χ2n) is 6.44. The van der Waals surface area contributed by atoms with Crippen molar-refractivity contribution in [3.8, 4) is 0 Å². The number of hydrogen-bond donors (Lipinski definition) is 2. The smallest absolute Gasteiger partial charge is 0.234 e. The van der Waals surface area contributed by atoms with Gasteiger partial charge in [-0.05, 0) is 45.6 Å². The molecule has 0 aromatic heterocycles. The first-order valence-electron chi connectivity index (χ1n) is 7.67. The molecule has 1 amide bonds. The van der Waals surface area contributed by atoms with Gasteiger partial charge in [-0.3, -0.25) is 9.69 Å². The lowest BCUT2D eigenvalue weighted by Gasteiger charge is -2.39. The number of nitrogens with two attached hydrogens (primary N) is 1. The Labute approximate surface area is 118 Å². The highest BCUT2D eigenvalue weighted by atomic mass is 16.2. The first-order valence-corrected chi connectivity index (χ1v) is 7.67. The monoisotopic (exact) mass is 269 g/mol. The Morgan fingerprint density at radius 3 is 2.63 bits per heavy atom. The SMILES string of the molecule is CCC1CCN(CC(=O)NC(C)(C)CC)C(CN)C1. The van der Waals surface area contributed by atoms with E-state index in [1.165, 1.54) is 12.8 Å². The molecule has 0 radical (unpaired) electrons. The normalized spacial score (nSPS) is 25.3. The summed E-state index contributed by atoms with van der Waals surface area (Å²) < 4.78 is 0. The number of nitrogens with one attached hydrogen (secondary N) is 1. The average molecular weight is 269 g/mol. The van der Waals surface area contributed by atoms with Crippen LogP contribution in [0.1, 0.15) is 53.4 Å². The summed E-state index contributed by atoms with van der Waals surface area (Å²) in [6.45, 7) is 10.6. The van der Waals surface area contributed by atoms with Crippen LogP contribution in [0.3, 0.4) is 0 Å². The standard InChI is InChI=1S/C15H31N3O/c1-5-12-7-8-18(13(9-12)10-16)11-14(19)17-15(3,4)6-2/h12-13H,5-11,16H2,1-4H3,(H,17,19). The van der Waals surface area contributed by atoms with Crippen LogP contribution in [0.25, 0.3) is 0 Å².